The zero-order valence-corrected chi connectivity index (χ0v) is 15.0. The smallest absolute Gasteiger partial charge is 0.270 e. The number of aromatic nitrogens is 4. The van der Waals surface area contributed by atoms with Crippen molar-refractivity contribution < 1.29 is 4.79 Å². The molecule has 0 aromatic carbocycles. The molecule has 0 N–H and O–H groups in total. The molecule has 1 aliphatic heterocycles. The van der Waals surface area contributed by atoms with E-state index in [2.05, 4.69) is 14.5 Å². The highest BCUT2D eigenvalue weighted by atomic mass is 16.2. The molecular formula is C20H23N5O. The van der Waals surface area contributed by atoms with Crippen LogP contribution < -0.4 is 0 Å². The number of hydrogen-bond acceptors (Lipinski definition) is 3. The van der Waals surface area contributed by atoms with Gasteiger partial charge in [0, 0.05) is 63.6 Å². The van der Waals surface area contributed by atoms with E-state index < -0.39 is 0 Å². The maximum atomic E-state index is 12.8. The van der Waals surface area contributed by atoms with Crippen molar-refractivity contribution in [3.8, 4) is 0 Å². The summed E-state index contributed by atoms with van der Waals surface area (Å²) in [6, 6.07) is 7.85. The molecule has 1 fully saturated rings. The Bertz CT molecular complexity index is 883. The van der Waals surface area contributed by atoms with Crippen molar-refractivity contribution in [1.29, 1.82) is 0 Å². The number of carbonyl (C=O) groups excluding carboxylic acids is 1. The van der Waals surface area contributed by atoms with Gasteiger partial charge in [-0.3, -0.25) is 9.78 Å². The van der Waals surface area contributed by atoms with Crippen molar-refractivity contribution in [2.45, 2.75) is 25.3 Å². The van der Waals surface area contributed by atoms with Gasteiger partial charge in [-0.15, -0.1) is 0 Å². The summed E-state index contributed by atoms with van der Waals surface area (Å²) in [5.74, 6) is 1.44. The zero-order chi connectivity index (χ0) is 17.9. The Balaban J connectivity index is 1.51. The summed E-state index contributed by atoms with van der Waals surface area (Å²) in [5, 5.41) is 0. The molecule has 1 aliphatic rings. The Hall–Kier alpha value is -2.89. The molecule has 1 atom stereocenters. The molecule has 134 valence electrons. The Kier molecular flexibility index (Phi) is 4.56. The van der Waals surface area contributed by atoms with Gasteiger partial charge in [-0.25, -0.2) is 4.98 Å². The van der Waals surface area contributed by atoms with Crippen molar-refractivity contribution in [1.82, 2.24) is 24.0 Å². The lowest BCUT2D eigenvalue weighted by Crippen LogP contribution is -2.40. The molecule has 6 heteroatoms. The first-order valence-electron chi connectivity index (χ1n) is 9.03. The van der Waals surface area contributed by atoms with Crippen LogP contribution in [0.25, 0.3) is 0 Å². The summed E-state index contributed by atoms with van der Waals surface area (Å²) in [4.78, 5) is 23.5. The number of piperidine rings is 1. The molecule has 0 bridgehead atoms. The number of rotatable bonds is 4. The fraction of sp³-hybridized carbons (Fsp3) is 0.350. The van der Waals surface area contributed by atoms with Gasteiger partial charge >= 0.3 is 0 Å². The van der Waals surface area contributed by atoms with Crippen molar-refractivity contribution in [3.05, 3.63) is 72.3 Å². The van der Waals surface area contributed by atoms with Gasteiger partial charge < -0.3 is 14.0 Å². The number of pyridine rings is 1. The van der Waals surface area contributed by atoms with Gasteiger partial charge in [0.05, 0.1) is 0 Å². The quantitative estimate of drug-likeness (QED) is 0.728. The fourth-order valence-corrected chi connectivity index (χ4v) is 3.72. The number of imidazole rings is 1. The van der Waals surface area contributed by atoms with Crippen LogP contribution in [0.3, 0.4) is 0 Å². The first kappa shape index (κ1) is 16.6. The zero-order valence-electron chi connectivity index (χ0n) is 15.0. The van der Waals surface area contributed by atoms with Gasteiger partial charge in [0.15, 0.2) is 0 Å². The normalized spacial score (nSPS) is 17.4. The summed E-state index contributed by atoms with van der Waals surface area (Å²) in [6.07, 6.45) is 11.5. The minimum Gasteiger partial charge on any atom is -0.347 e. The van der Waals surface area contributed by atoms with Crippen LogP contribution in [0, 0.1) is 0 Å². The van der Waals surface area contributed by atoms with E-state index in [1.807, 2.05) is 71.8 Å². The van der Waals surface area contributed by atoms with Crippen LogP contribution in [0.2, 0.25) is 0 Å². The lowest BCUT2D eigenvalue weighted by Gasteiger charge is -2.32. The van der Waals surface area contributed by atoms with Gasteiger partial charge in [-0.1, -0.05) is 0 Å². The molecule has 6 nitrogen and oxygen atoms in total. The standard InChI is InChI=1S/C20H23N5O/c1-23-11-3-5-18(23)20(26)25-12-2-4-17(15-25)19-22-10-13-24(19)14-16-6-8-21-9-7-16/h3,5-11,13,17H,2,4,12,14-15H2,1H3/t17-/m1/s1. The first-order valence-corrected chi connectivity index (χ1v) is 9.03. The number of nitrogens with zero attached hydrogens (tertiary/aromatic N) is 5. The second-order valence-corrected chi connectivity index (χ2v) is 6.86. The molecule has 26 heavy (non-hydrogen) atoms. The molecule has 0 spiro atoms. The van der Waals surface area contributed by atoms with E-state index in [1.54, 1.807) is 0 Å². The summed E-state index contributed by atoms with van der Waals surface area (Å²) in [7, 11) is 1.91. The van der Waals surface area contributed by atoms with E-state index >= 15 is 0 Å². The van der Waals surface area contributed by atoms with Crippen LogP contribution in [-0.4, -0.2) is 43.0 Å². The second-order valence-electron chi connectivity index (χ2n) is 6.86. The minimum absolute atomic E-state index is 0.106. The molecule has 3 aromatic rings. The summed E-state index contributed by atoms with van der Waals surface area (Å²) >= 11 is 0. The van der Waals surface area contributed by atoms with Gasteiger partial charge in [0.1, 0.15) is 11.5 Å². The van der Waals surface area contributed by atoms with Crippen molar-refractivity contribution in [3.63, 3.8) is 0 Å². The number of carbonyl (C=O) groups is 1. The Morgan fingerprint density at radius 1 is 1.19 bits per heavy atom. The van der Waals surface area contributed by atoms with Crippen LogP contribution in [0.4, 0.5) is 0 Å². The summed E-state index contributed by atoms with van der Waals surface area (Å²) in [6.45, 7) is 2.31. The van der Waals surface area contributed by atoms with Crippen LogP contribution >= 0.6 is 0 Å². The topological polar surface area (TPSA) is 56.0 Å². The SMILES string of the molecule is Cn1cccc1C(=O)N1CCC[C@@H](c2nccn2Cc2ccncc2)C1. The van der Waals surface area contributed by atoms with E-state index in [0.717, 1.165) is 44.0 Å². The monoisotopic (exact) mass is 349 g/mol. The fourth-order valence-electron chi connectivity index (χ4n) is 3.72. The summed E-state index contributed by atoms with van der Waals surface area (Å²) < 4.78 is 4.08. The molecule has 0 radical (unpaired) electrons. The molecular weight excluding hydrogens is 326 g/mol. The first-order chi connectivity index (χ1) is 12.7. The van der Waals surface area contributed by atoms with E-state index in [0.29, 0.717) is 0 Å². The van der Waals surface area contributed by atoms with Crippen LogP contribution in [0.15, 0.2) is 55.2 Å². The van der Waals surface area contributed by atoms with Crippen molar-refractivity contribution in [2.75, 3.05) is 13.1 Å². The number of aryl methyl sites for hydroxylation is 1. The van der Waals surface area contributed by atoms with Crippen molar-refractivity contribution in [2.24, 2.45) is 7.05 Å². The molecule has 1 amide bonds. The van der Waals surface area contributed by atoms with E-state index in [4.69, 9.17) is 0 Å². The molecule has 4 heterocycles. The number of amides is 1. The lowest BCUT2D eigenvalue weighted by molar-refractivity contribution is 0.0693. The molecule has 0 saturated carbocycles. The van der Waals surface area contributed by atoms with Crippen LogP contribution in [-0.2, 0) is 13.6 Å². The largest absolute Gasteiger partial charge is 0.347 e. The van der Waals surface area contributed by atoms with E-state index in [9.17, 15) is 4.79 Å². The molecule has 4 rings (SSSR count). The van der Waals surface area contributed by atoms with Gasteiger partial charge in [-0.05, 0) is 42.7 Å². The van der Waals surface area contributed by atoms with E-state index in [-0.39, 0.29) is 11.8 Å². The minimum atomic E-state index is 0.106. The Morgan fingerprint density at radius 2 is 2.04 bits per heavy atom. The van der Waals surface area contributed by atoms with Gasteiger partial charge in [0.2, 0.25) is 0 Å². The van der Waals surface area contributed by atoms with Gasteiger partial charge in [0.25, 0.3) is 5.91 Å². The predicted molar refractivity (Wildman–Crippen MR) is 98.9 cm³/mol. The Labute approximate surface area is 153 Å². The molecule has 3 aromatic heterocycles. The van der Waals surface area contributed by atoms with Crippen LogP contribution in [0.1, 0.15) is 40.6 Å². The lowest BCUT2D eigenvalue weighted by atomic mass is 9.96. The average molecular weight is 349 g/mol. The third kappa shape index (κ3) is 3.27. The highest BCUT2D eigenvalue weighted by Gasteiger charge is 2.28. The molecule has 0 aliphatic carbocycles. The van der Waals surface area contributed by atoms with Crippen molar-refractivity contribution >= 4 is 5.91 Å². The maximum absolute atomic E-state index is 12.8. The number of likely N-dealkylation sites (tertiary alicyclic amines) is 1. The van der Waals surface area contributed by atoms with Crippen LogP contribution in [0.5, 0.6) is 0 Å². The molecule has 1 saturated heterocycles. The predicted octanol–water partition coefficient (Wildman–Crippen LogP) is 2.68. The third-order valence-electron chi connectivity index (χ3n) is 5.09. The third-order valence-corrected chi connectivity index (χ3v) is 5.09. The molecule has 0 unspecified atom stereocenters. The highest BCUT2D eigenvalue weighted by molar-refractivity contribution is 5.92. The average Bonchev–Trinajstić information content (AvgIpc) is 3.31. The number of hydrogen-bond donors (Lipinski definition) is 0. The van der Waals surface area contributed by atoms with Gasteiger partial charge in [-0.2, -0.15) is 0 Å². The van der Waals surface area contributed by atoms with E-state index in [1.165, 1.54) is 5.56 Å². The Morgan fingerprint density at radius 3 is 2.81 bits per heavy atom. The second kappa shape index (κ2) is 7.15. The maximum Gasteiger partial charge on any atom is 0.270 e. The highest BCUT2D eigenvalue weighted by Crippen LogP contribution is 2.27. The summed E-state index contributed by atoms with van der Waals surface area (Å²) in [5.41, 5.74) is 1.94.